The van der Waals surface area contributed by atoms with E-state index < -0.39 is 21.9 Å². The fourth-order valence-electron chi connectivity index (χ4n) is 3.72. The van der Waals surface area contributed by atoms with Crippen molar-refractivity contribution in [1.82, 2.24) is 9.62 Å². The van der Waals surface area contributed by atoms with Gasteiger partial charge < -0.3 is 10.1 Å². The lowest BCUT2D eigenvalue weighted by atomic mass is 9.99. The summed E-state index contributed by atoms with van der Waals surface area (Å²) in [6, 6.07) is 13.0. The van der Waals surface area contributed by atoms with Crippen molar-refractivity contribution in [3.8, 4) is 5.75 Å². The average molecular weight is 464 g/mol. The molecule has 2 aromatic rings. The number of hydrogen-bond donors (Lipinski definition) is 1. The van der Waals surface area contributed by atoms with Crippen molar-refractivity contribution < 1.29 is 22.3 Å². The summed E-state index contributed by atoms with van der Waals surface area (Å²) >= 11 is 0. The summed E-state index contributed by atoms with van der Waals surface area (Å²) < 4.78 is 47.1. The lowest BCUT2D eigenvalue weighted by Gasteiger charge is -2.34. The number of rotatable bonds is 9. The molecule has 0 aromatic heterocycles. The Morgan fingerprint density at radius 2 is 1.88 bits per heavy atom. The second kappa shape index (κ2) is 10.8. The molecule has 1 saturated heterocycles. The standard InChI is InChI=1S/C23H30FN3O4S/c1-3-31-22-12-6-18(7-13-22)14-15-25-23(28)19-5-4-16-27(17-19)32(29,30)26(2)21-10-8-20(24)9-11-21/h6-13,19H,3-5,14-17H2,1-2H3,(H,25,28)/t19-/m0/s1. The summed E-state index contributed by atoms with van der Waals surface area (Å²) in [7, 11) is -2.38. The minimum atomic E-state index is -3.81. The molecule has 0 bridgehead atoms. The lowest BCUT2D eigenvalue weighted by Crippen LogP contribution is -2.49. The van der Waals surface area contributed by atoms with Crippen molar-refractivity contribution in [2.24, 2.45) is 5.92 Å². The molecule has 3 rings (SSSR count). The lowest BCUT2D eigenvalue weighted by molar-refractivity contribution is -0.126. The van der Waals surface area contributed by atoms with E-state index in [1.54, 1.807) is 0 Å². The Morgan fingerprint density at radius 1 is 1.19 bits per heavy atom. The SMILES string of the molecule is CCOc1ccc(CCNC(=O)[C@H]2CCCN(S(=O)(=O)N(C)c3ccc(F)cc3)C2)cc1. The first-order valence-corrected chi connectivity index (χ1v) is 12.2. The van der Waals surface area contributed by atoms with E-state index >= 15 is 0 Å². The Balaban J connectivity index is 1.54. The molecule has 1 heterocycles. The second-order valence-electron chi connectivity index (χ2n) is 7.77. The highest BCUT2D eigenvalue weighted by atomic mass is 32.2. The van der Waals surface area contributed by atoms with E-state index in [0.717, 1.165) is 15.6 Å². The van der Waals surface area contributed by atoms with Crippen LogP contribution in [0.25, 0.3) is 0 Å². The smallest absolute Gasteiger partial charge is 0.303 e. The van der Waals surface area contributed by atoms with Gasteiger partial charge >= 0.3 is 10.2 Å². The predicted octanol–water partition coefficient (Wildman–Crippen LogP) is 2.98. The number of hydrogen-bond acceptors (Lipinski definition) is 4. The minimum Gasteiger partial charge on any atom is -0.494 e. The van der Waals surface area contributed by atoms with E-state index in [1.807, 2.05) is 31.2 Å². The predicted molar refractivity (Wildman–Crippen MR) is 122 cm³/mol. The molecule has 1 fully saturated rings. The zero-order valence-corrected chi connectivity index (χ0v) is 19.3. The second-order valence-corrected chi connectivity index (χ2v) is 9.73. The monoisotopic (exact) mass is 463 g/mol. The first-order valence-electron chi connectivity index (χ1n) is 10.8. The molecule has 0 spiro atoms. The quantitative estimate of drug-likeness (QED) is 0.620. The number of nitrogens with zero attached hydrogens (tertiary/aromatic N) is 2. The van der Waals surface area contributed by atoms with Crippen molar-refractivity contribution in [2.75, 3.05) is 37.6 Å². The highest BCUT2D eigenvalue weighted by Gasteiger charge is 2.34. The third-order valence-electron chi connectivity index (χ3n) is 5.56. The van der Waals surface area contributed by atoms with Crippen LogP contribution in [0, 0.1) is 11.7 Å². The van der Waals surface area contributed by atoms with Gasteiger partial charge in [-0.25, -0.2) is 4.39 Å². The number of carbonyl (C=O) groups excluding carboxylic acids is 1. The first kappa shape index (κ1) is 24.0. The zero-order chi connectivity index (χ0) is 23.1. The summed E-state index contributed by atoms with van der Waals surface area (Å²) in [5.74, 6) is -0.158. The minimum absolute atomic E-state index is 0.128. The van der Waals surface area contributed by atoms with Gasteiger partial charge in [0.25, 0.3) is 0 Å². The van der Waals surface area contributed by atoms with Crippen LogP contribution in [-0.2, 0) is 21.4 Å². The van der Waals surface area contributed by atoms with Crippen LogP contribution in [0.4, 0.5) is 10.1 Å². The molecule has 1 N–H and O–H groups in total. The number of carbonyl (C=O) groups is 1. The normalized spacial score (nSPS) is 17.0. The Hall–Kier alpha value is -2.65. The zero-order valence-electron chi connectivity index (χ0n) is 18.5. The highest BCUT2D eigenvalue weighted by molar-refractivity contribution is 7.90. The molecule has 1 aliphatic heterocycles. The van der Waals surface area contributed by atoms with Gasteiger partial charge in [-0.1, -0.05) is 12.1 Å². The van der Waals surface area contributed by atoms with Gasteiger partial charge in [-0.3, -0.25) is 9.10 Å². The van der Waals surface area contributed by atoms with Gasteiger partial charge in [0, 0.05) is 26.7 Å². The number of halogens is 1. The van der Waals surface area contributed by atoms with E-state index in [0.29, 0.717) is 44.6 Å². The molecule has 174 valence electrons. The van der Waals surface area contributed by atoms with E-state index in [-0.39, 0.29) is 12.5 Å². The fourth-order valence-corrected chi connectivity index (χ4v) is 5.18. The number of benzene rings is 2. The van der Waals surface area contributed by atoms with Crippen LogP contribution in [0.15, 0.2) is 48.5 Å². The van der Waals surface area contributed by atoms with Crippen molar-refractivity contribution in [2.45, 2.75) is 26.2 Å². The number of nitrogens with one attached hydrogen (secondary N) is 1. The first-order chi connectivity index (χ1) is 15.3. The summed E-state index contributed by atoms with van der Waals surface area (Å²) in [5, 5.41) is 2.93. The van der Waals surface area contributed by atoms with Crippen LogP contribution < -0.4 is 14.4 Å². The molecule has 1 aliphatic rings. The van der Waals surface area contributed by atoms with Crippen molar-refractivity contribution in [1.29, 1.82) is 0 Å². The summed E-state index contributed by atoms with van der Waals surface area (Å²) in [5.41, 5.74) is 1.45. The Kier molecular flexibility index (Phi) is 8.09. The maximum absolute atomic E-state index is 13.2. The maximum atomic E-state index is 13.2. The van der Waals surface area contributed by atoms with Crippen LogP contribution in [0.2, 0.25) is 0 Å². The Bertz CT molecular complexity index is 997. The van der Waals surface area contributed by atoms with Gasteiger partial charge in [-0.2, -0.15) is 12.7 Å². The van der Waals surface area contributed by atoms with Crippen molar-refractivity contribution >= 4 is 21.8 Å². The maximum Gasteiger partial charge on any atom is 0.303 e. The van der Waals surface area contributed by atoms with Crippen LogP contribution in [-0.4, -0.2) is 51.9 Å². The molecule has 7 nitrogen and oxygen atoms in total. The van der Waals surface area contributed by atoms with Crippen LogP contribution >= 0.6 is 0 Å². The van der Waals surface area contributed by atoms with Gasteiger partial charge in [0.2, 0.25) is 5.91 Å². The van der Waals surface area contributed by atoms with Gasteiger partial charge in [0.15, 0.2) is 0 Å². The van der Waals surface area contributed by atoms with E-state index in [1.165, 1.54) is 35.6 Å². The summed E-state index contributed by atoms with van der Waals surface area (Å²) in [4.78, 5) is 12.7. The van der Waals surface area contributed by atoms with Gasteiger partial charge in [0.05, 0.1) is 18.2 Å². The van der Waals surface area contributed by atoms with Gasteiger partial charge in [0.1, 0.15) is 11.6 Å². The third-order valence-corrected chi connectivity index (χ3v) is 7.45. The average Bonchev–Trinajstić information content (AvgIpc) is 2.80. The van der Waals surface area contributed by atoms with Crippen molar-refractivity contribution in [3.63, 3.8) is 0 Å². The fraction of sp³-hybridized carbons (Fsp3) is 0.435. The molecule has 9 heteroatoms. The molecule has 2 aromatic carbocycles. The third kappa shape index (κ3) is 5.98. The molecule has 0 aliphatic carbocycles. The summed E-state index contributed by atoms with van der Waals surface area (Å²) in [6.45, 7) is 3.50. The molecule has 0 saturated carbocycles. The Labute approximate surface area is 189 Å². The molecule has 32 heavy (non-hydrogen) atoms. The largest absolute Gasteiger partial charge is 0.494 e. The van der Waals surface area contributed by atoms with E-state index in [2.05, 4.69) is 5.32 Å². The number of ether oxygens (including phenoxy) is 1. The molecule has 0 unspecified atom stereocenters. The molecule has 1 atom stereocenters. The van der Waals surface area contributed by atoms with E-state index in [9.17, 15) is 17.6 Å². The number of amides is 1. The molecular weight excluding hydrogens is 433 g/mol. The molecule has 1 amide bonds. The highest BCUT2D eigenvalue weighted by Crippen LogP contribution is 2.24. The van der Waals surface area contributed by atoms with Gasteiger partial charge in [-0.05, 0) is 68.1 Å². The topological polar surface area (TPSA) is 79.0 Å². The van der Waals surface area contributed by atoms with E-state index in [4.69, 9.17) is 4.74 Å². The molecule has 0 radical (unpaired) electrons. The van der Waals surface area contributed by atoms with Gasteiger partial charge in [-0.15, -0.1) is 0 Å². The Morgan fingerprint density at radius 3 is 2.53 bits per heavy atom. The molecular formula is C23H30FN3O4S. The number of piperidine rings is 1. The van der Waals surface area contributed by atoms with Crippen LogP contribution in [0.5, 0.6) is 5.75 Å². The summed E-state index contributed by atoms with van der Waals surface area (Å²) in [6.07, 6.45) is 1.93. The van der Waals surface area contributed by atoms with Crippen LogP contribution in [0.1, 0.15) is 25.3 Å². The van der Waals surface area contributed by atoms with Crippen LogP contribution in [0.3, 0.4) is 0 Å². The number of anilines is 1. The van der Waals surface area contributed by atoms with Crippen molar-refractivity contribution in [3.05, 3.63) is 59.9 Å².